The highest BCUT2D eigenvalue weighted by Crippen LogP contribution is 2.26. The summed E-state index contributed by atoms with van der Waals surface area (Å²) in [5.74, 6) is -2.51. The summed E-state index contributed by atoms with van der Waals surface area (Å²) < 4.78 is 18.5. The van der Waals surface area contributed by atoms with E-state index >= 15 is 0 Å². The molecule has 1 unspecified atom stereocenters. The molecular formula is C18H17FN2O5. The molecule has 1 aliphatic heterocycles. The maximum atomic E-state index is 13.4. The number of carbonyl (C=O) groups is 3. The Morgan fingerprint density at radius 1 is 1.35 bits per heavy atom. The summed E-state index contributed by atoms with van der Waals surface area (Å²) in [5, 5.41) is 11.4. The van der Waals surface area contributed by atoms with Crippen LogP contribution in [0.2, 0.25) is 0 Å². The quantitative estimate of drug-likeness (QED) is 0.851. The number of aromatic carboxylic acids is 1. The van der Waals surface area contributed by atoms with Gasteiger partial charge in [0.05, 0.1) is 12.5 Å². The molecule has 1 aromatic heterocycles. The lowest BCUT2D eigenvalue weighted by molar-refractivity contribution is -0.126. The number of hydrogen-bond acceptors (Lipinski definition) is 4. The van der Waals surface area contributed by atoms with Crippen molar-refractivity contribution >= 4 is 23.5 Å². The van der Waals surface area contributed by atoms with E-state index in [4.69, 9.17) is 9.52 Å². The SMILES string of the molecule is Cc1cc(N2CC(C(=O)NCc3ccc(C(=O)O)o3)CC2=O)ccc1F. The zero-order valence-corrected chi connectivity index (χ0v) is 14.0. The van der Waals surface area contributed by atoms with Gasteiger partial charge in [-0.05, 0) is 42.8 Å². The second kappa shape index (κ2) is 6.99. The maximum absolute atomic E-state index is 13.4. The van der Waals surface area contributed by atoms with Gasteiger partial charge in [0.15, 0.2) is 0 Å². The second-order valence-electron chi connectivity index (χ2n) is 6.13. The lowest BCUT2D eigenvalue weighted by Crippen LogP contribution is -2.32. The molecule has 0 bridgehead atoms. The molecule has 2 amide bonds. The van der Waals surface area contributed by atoms with E-state index in [1.165, 1.54) is 29.2 Å². The summed E-state index contributed by atoms with van der Waals surface area (Å²) in [6.07, 6.45) is 0.0563. The third-order valence-electron chi connectivity index (χ3n) is 4.26. The van der Waals surface area contributed by atoms with Gasteiger partial charge in [-0.3, -0.25) is 9.59 Å². The Labute approximate surface area is 148 Å². The number of nitrogens with one attached hydrogen (secondary N) is 1. The van der Waals surface area contributed by atoms with E-state index in [0.717, 1.165) is 0 Å². The highest BCUT2D eigenvalue weighted by molar-refractivity contribution is 6.00. The van der Waals surface area contributed by atoms with E-state index in [-0.39, 0.29) is 42.9 Å². The van der Waals surface area contributed by atoms with Gasteiger partial charge in [0.25, 0.3) is 0 Å². The predicted octanol–water partition coefficient (Wildman–Crippen LogP) is 2.09. The highest BCUT2D eigenvalue weighted by atomic mass is 19.1. The van der Waals surface area contributed by atoms with Crippen LogP contribution in [0.3, 0.4) is 0 Å². The number of benzene rings is 1. The minimum absolute atomic E-state index is 0.0342. The number of aryl methyl sites for hydroxylation is 1. The van der Waals surface area contributed by atoms with Crippen LogP contribution in [0.25, 0.3) is 0 Å². The fourth-order valence-electron chi connectivity index (χ4n) is 2.84. The third kappa shape index (κ3) is 3.58. The molecule has 0 radical (unpaired) electrons. The smallest absolute Gasteiger partial charge is 0.371 e. The second-order valence-corrected chi connectivity index (χ2v) is 6.13. The molecule has 0 spiro atoms. The number of carboxylic acid groups (broad SMARTS) is 1. The van der Waals surface area contributed by atoms with Gasteiger partial charge < -0.3 is 19.7 Å². The maximum Gasteiger partial charge on any atom is 0.371 e. The molecule has 7 nitrogen and oxygen atoms in total. The van der Waals surface area contributed by atoms with Gasteiger partial charge in [-0.2, -0.15) is 0 Å². The average Bonchev–Trinajstić information content (AvgIpc) is 3.22. The molecule has 1 aromatic carbocycles. The van der Waals surface area contributed by atoms with Crippen LogP contribution in [-0.2, 0) is 16.1 Å². The van der Waals surface area contributed by atoms with Gasteiger partial charge in [-0.25, -0.2) is 9.18 Å². The van der Waals surface area contributed by atoms with E-state index < -0.39 is 11.9 Å². The molecule has 1 saturated heterocycles. The monoisotopic (exact) mass is 360 g/mol. The molecule has 2 N–H and O–H groups in total. The zero-order valence-electron chi connectivity index (χ0n) is 14.0. The topological polar surface area (TPSA) is 99.8 Å². The number of carbonyl (C=O) groups excluding carboxylic acids is 2. The summed E-state index contributed by atoms with van der Waals surface area (Å²) in [6.45, 7) is 1.85. The van der Waals surface area contributed by atoms with Gasteiger partial charge in [0.2, 0.25) is 17.6 Å². The van der Waals surface area contributed by atoms with E-state index in [2.05, 4.69) is 5.32 Å². The number of halogens is 1. The number of rotatable bonds is 5. The standard InChI is InChI=1S/C18H17FN2O5/c1-10-6-12(2-4-14(10)19)21-9-11(7-16(21)22)17(23)20-8-13-3-5-15(26-13)18(24)25/h2-6,11H,7-9H2,1H3,(H,20,23)(H,24,25). The lowest BCUT2D eigenvalue weighted by Gasteiger charge is -2.17. The summed E-state index contributed by atoms with van der Waals surface area (Å²) in [6, 6.07) is 7.15. The van der Waals surface area contributed by atoms with Crippen molar-refractivity contribution in [1.29, 1.82) is 0 Å². The summed E-state index contributed by atoms with van der Waals surface area (Å²) >= 11 is 0. The molecule has 0 aliphatic carbocycles. The minimum atomic E-state index is -1.19. The molecule has 0 saturated carbocycles. The lowest BCUT2D eigenvalue weighted by atomic mass is 10.1. The van der Waals surface area contributed by atoms with Crippen molar-refractivity contribution in [2.45, 2.75) is 19.9 Å². The van der Waals surface area contributed by atoms with Crippen molar-refractivity contribution in [3.8, 4) is 0 Å². The van der Waals surface area contributed by atoms with Crippen molar-refractivity contribution in [2.75, 3.05) is 11.4 Å². The molecule has 1 aliphatic rings. The van der Waals surface area contributed by atoms with Crippen molar-refractivity contribution in [1.82, 2.24) is 5.32 Å². The minimum Gasteiger partial charge on any atom is -0.475 e. The van der Waals surface area contributed by atoms with Crippen molar-refractivity contribution < 1.29 is 28.3 Å². The average molecular weight is 360 g/mol. The molecule has 8 heteroatoms. The van der Waals surface area contributed by atoms with E-state index in [9.17, 15) is 18.8 Å². The first-order valence-corrected chi connectivity index (χ1v) is 8.01. The van der Waals surface area contributed by atoms with Gasteiger partial charge in [-0.1, -0.05) is 0 Å². The van der Waals surface area contributed by atoms with Gasteiger partial charge in [-0.15, -0.1) is 0 Å². The van der Waals surface area contributed by atoms with Crippen LogP contribution in [0, 0.1) is 18.7 Å². The predicted molar refractivity (Wildman–Crippen MR) is 89.1 cm³/mol. The molecular weight excluding hydrogens is 343 g/mol. The first-order valence-electron chi connectivity index (χ1n) is 8.01. The first-order chi connectivity index (χ1) is 12.3. The van der Waals surface area contributed by atoms with E-state index in [1.807, 2.05) is 0 Å². The van der Waals surface area contributed by atoms with Gasteiger partial charge in [0, 0.05) is 18.7 Å². The van der Waals surface area contributed by atoms with Crippen molar-refractivity contribution in [3.05, 3.63) is 53.2 Å². The Bertz CT molecular complexity index is 876. The number of nitrogens with zero attached hydrogens (tertiary/aromatic N) is 1. The Morgan fingerprint density at radius 3 is 2.77 bits per heavy atom. The van der Waals surface area contributed by atoms with Crippen LogP contribution in [0.4, 0.5) is 10.1 Å². The molecule has 2 aromatic rings. The van der Waals surface area contributed by atoms with Crippen molar-refractivity contribution in [3.63, 3.8) is 0 Å². The van der Waals surface area contributed by atoms with Gasteiger partial charge >= 0.3 is 5.97 Å². The molecule has 26 heavy (non-hydrogen) atoms. The number of anilines is 1. The molecule has 2 heterocycles. The molecule has 1 atom stereocenters. The van der Waals surface area contributed by atoms with E-state index in [1.54, 1.807) is 13.0 Å². The Kier molecular flexibility index (Phi) is 4.75. The Morgan fingerprint density at radius 2 is 2.12 bits per heavy atom. The van der Waals surface area contributed by atoms with Crippen molar-refractivity contribution in [2.24, 2.45) is 5.92 Å². The zero-order chi connectivity index (χ0) is 18.8. The van der Waals surface area contributed by atoms with Crippen LogP contribution in [0.1, 0.15) is 28.3 Å². The number of hydrogen-bond donors (Lipinski definition) is 2. The van der Waals surface area contributed by atoms with Crippen LogP contribution in [0.15, 0.2) is 34.7 Å². The highest BCUT2D eigenvalue weighted by Gasteiger charge is 2.35. The Balaban J connectivity index is 1.61. The Hall–Kier alpha value is -3.16. The van der Waals surface area contributed by atoms with Crippen LogP contribution < -0.4 is 10.2 Å². The summed E-state index contributed by atoms with van der Waals surface area (Å²) in [4.78, 5) is 36.7. The van der Waals surface area contributed by atoms with E-state index in [0.29, 0.717) is 17.0 Å². The van der Waals surface area contributed by atoms with Crippen LogP contribution in [-0.4, -0.2) is 29.4 Å². The summed E-state index contributed by atoms with van der Waals surface area (Å²) in [7, 11) is 0. The normalized spacial score (nSPS) is 16.8. The van der Waals surface area contributed by atoms with Gasteiger partial charge in [0.1, 0.15) is 11.6 Å². The number of amides is 2. The third-order valence-corrected chi connectivity index (χ3v) is 4.26. The van der Waals surface area contributed by atoms with Crippen LogP contribution >= 0.6 is 0 Å². The largest absolute Gasteiger partial charge is 0.475 e. The first kappa shape index (κ1) is 17.7. The fourth-order valence-corrected chi connectivity index (χ4v) is 2.84. The summed E-state index contributed by atoms with van der Waals surface area (Å²) in [5.41, 5.74) is 0.983. The molecule has 1 fully saturated rings. The fraction of sp³-hybridized carbons (Fsp3) is 0.278. The molecule has 136 valence electrons. The van der Waals surface area contributed by atoms with Crippen LogP contribution in [0.5, 0.6) is 0 Å². The molecule has 3 rings (SSSR count). The number of carboxylic acids is 1. The number of furan rings is 1.